The van der Waals surface area contributed by atoms with Gasteiger partial charge in [0.05, 0.1) is 11.1 Å². The van der Waals surface area contributed by atoms with Gasteiger partial charge in [-0.25, -0.2) is 0 Å². The van der Waals surface area contributed by atoms with E-state index in [9.17, 15) is 23.1 Å². The number of fused-ring (bicyclic) bond motifs is 1. The Kier molecular flexibility index (Phi) is 5.67. The van der Waals surface area contributed by atoms with E-state index in [0.29, 0.717) is 5.75 Å². The number of aromatic hydroxyl groups is 1. The molecular formula is C24H15ClF3NO3. The number of anilines is 1. The Morgan fingerprint density at radius 2 is 1.62 bits per heavy atom. The topological polar surface area (TPSA) is 58.6 Å². The number of halogens is 4. The number of hydrogen-bond acceptors (Lipinski definition) is 3. The molecule has 0 heterocycles. The van der Waals surface area contributed by atoms with Crippen LogP contribution in [0.5, 0.6) is 17.2 Å². The number of carbonyl (C=O) groups is 1. The van der Waals surface area contributed by atoms with Gasteiger partial charge in [-0.15, -0.1) is 0 Å². The molecule has 32 heavy (non-hydrogen) atoms. The zero-order valence-corrected chi connectivity index (χ0v) is 17.0. The molecule has 4 rings (SSSR count). The molecule has 0 aliphatic carbocycles. The van der Waals surface area contributed by atoms with Crippen molar-refractivity contribution in [2.75, 3.05) is 5.32 Å². The van der Waals surface area contributed by atoms with Crippen LogP contribution in [0.2, 0.25) is 5.02 Å². The molecule has 2 N–H and O–H groups in total. The molecule has 0 saturated heterocycles. The molecule has 0 radical (unpaired) electrons. The maximum Gasteiger partial charge on any atom is 0.416 e. The molecule has 4 aromatic carbocycles. The van der Waals surface area contributed by atoms with E-state index in [1.54, 1.807) is 18.2 Å². The molecule has 162 valence electrons. The SMILES string of the molecule is O=C(Nc1cc(Oc2ccc3ccccc3c2)cc(C(F)(F)F)c1)c1cc(Cl)ccc1O. The molecule has 1 amide bonds. The standard InChI is InChI=1S/C24H15ClF3NO3/c25-17-6-8-22(30)21(12-17)23(31)29-18-10-16(24(26,27)28)11-20(13-18)32-19-7-5-14-3-1-2-4-15(14)9-19/h1-13,30H,(H,29,31). The minimum Gasteiger partial charge on any atom is -0.507 e. The first-order valence-electron chi connectivity index (χ1n) is 9.38. The monoisotopic (exact) mass is 457 g/mol. The van der Waals surface area contributed by atoms with Crippen molar-refractivity contribution >= 4 is 34.0 Å². The molecule has 8 heteroatoms. The van der Waals surface area contributed by atoms with Crippen molar-refractivity contribution in [2.45, 2.75) is 6.18 Å². The predicted octanol–water partition coefficient (Wildman–Crippen LogP) is 7.26. The molecule has 0 unspecified atom stereocenters. The van der Waals surface area contributed by atoms with Gasteiger partial charge < -0.3 is 15.2 Å². The first kappa shape index (κ1) is 21.5. The van der Waals surface area contributed by atoms with E-state index >= 15 is 0 Å². The van der Waals surface area contributed by atoms with Crippen LogP contribution in [-0.4, -0.2) is 11.0 Å². The Labute approximate surface area is 185 Å². The number of phenols is 1. The van der Waals surface area contributed by atoms with Gasteiger partial charge >= 0.3 is 6.18 Å². The highest BCUT2D eigenvalue weighted by atomic mass is 35.5. The van der Waals surface area contributed by atoms with Crippen LogP contribution >= 0.6 is 11.6 Å². The fourth-order valence-electron chi connectivity index (χ4n) is 3.15. The van der Waals surface area contributed by atoms with Gasteiger partial charge in [-0.05, 0) is 53.2 Å². The van der Waals surface area contributed by atoms with Gasteiger partial charge in [-0.1, -0.05) is 41.9 Å². The third-order valence-corrected chi connectivity index (χ3v) is 4.89. The summed E-state index contributed by atoms with van der Waals surface area (Å²) in [4.78, 5) is 12.5. The molecule has 0 bridgehead atoms. The van der Waals surface area contributed by atoms with Crippen LogP contribution in [0, 0.1) is 0 Å². The number of hydrogen-bond donors (Lipinski definition) is 2. The van der Waals surface area contributed by atoms with Gasteiger partial charge in [0.1, 0.15) is 17.2 Å². The van der Waals surface area contributed by atoms with Crippen LogP contribution in [-0.2, 0) is 6.18 Å². The normalized spacial score (nSPS) is 11.4. The molecule has 4 aromatic rings. The lowest BCUT2D eigenvalue weighted by atomic mass is 10.1. The maximum absolute atomic E-state index is 13.4. The van der Waals surface area contributed by atoms with Gasteiger partial charge in [0.15, 0.2) is 0 Å². The Bertz CT molecular complexity index is 1320. The highest BCUT2D eigenvalue weighted by Gasteiger charge is 2.32. The molecule has 0 spiro atoms. The van der Waals surface area contributed by atoms with Gasteiger partial charge in [-0.3, -0.25) is 4.79 Å². The molecule has 0 aromatic heterocycles. The zero-order chi connectivity index (χ0) is 22.9. The first-order chi connectivity index (χ1) is 15.2. The average Bonchev–Trinajstić information content (AvgIpc) is 2.74. The van der Waals surface area contributed by atoms with Crippen molar-refractivity contribution in [2.24, 2.45) is 0 Å². The Hall–Kier alpha value is -3.71. The van der Waals surface area contributed by atoms with E-state index in [1.807, 2.05) is 24.3 Å². The van der Waals surface area contributed by atoms with E-state index in [0.717, 1.165) is 22.9 Å². The number of carbonyl (C=O) groups excluding carboxylic acids is 1. The number of nitrogens with one attached hydrogen (secondary N) is 1. The lowest BCUT2D eigenvalue weighted by Gasteiger charge is -2.14. The summed E-state index contributed by atoms with van der Waals surface area (Å²) in [5, 5.41) is 14.2. The quantitative estimate of drug-likeness (QED) is 0.339. The van der Waals surface area contributed by atoms with Crippen LogP contribution < -0.4 is 10.1 Å². The second-order valence-corrected chi connectivity index (χ2v) is 7.41. The number of benzene rings is 4. The molecule has 0 saturated carbocycles. The minimum absolute atomic E-state index is 0.110. The lowest BCUT2D eigenvalue weighted by Crippen LogP contribution is -2.13. The van der Waals surface area contributed by atoms with E-state index in [-0.39, 0.29) is 27.8 Å². The van der Waals surface area contributed by atoms with Crippen molar-refractivity contribution in [1.82, 2.24) is 0 Å². The molecule has 0 atom stereocenters. The van der Waals surface area contributed by atoms with Crippen molar-refractivity contribution in [3.8, 4) is 17.2 Å². The number of rotatable bonds is 4. The van der Waals surface area contributed by atoms with E-state index in [2.05, 4.69) is 5.32 Å². The van der Waals surface area contributed by atoms with Crippen molar-refractivity contribution in [3.05, 3.63) is 95.0 Å². The van der Waals surface area contributed by atoms with Gasteiger partial charge in [0.25, 0.3) is 5.91 Å². The maximum atomic E-state index is 13.4. The van der Waals surface area contributed by atoms with Crippen molar-refractivity contribution in [1.29, 1.82) is 0 Å². The Morgan fingerprint density at radius 1 is 0.875 bits per heavy atom. The zero-order valence-electron chi connectivity index (χ0n) is 16.3. The second-order valence-electron chi connectivity index (χ2n) is 6.97. The number of amides is 1. The average molecular weight is 458 g/mol. The summed E-state index contributed by atoms with van der Waals surface area (Å²) in [6.45, 7) is 0. The van der Waals surface area contributed by atoms with E-state index in [4.69, 9.17) is 16.3 Å². The summed E-state index contributed by atoms with van der Waals surface area (Å²) >= 11 is 5.85. The van der Waals surface area contributed by atoms with Crippen molar-refractivity contribution in [3.63, 3.8) is 0 Å². The van der Waals surface area contributed by atoms with E-state index < -0.39 is 17.6 Å². The Morgan fingerprint density at radius 3 is 2.38 bits per heavy atom. The summed E-state index contributed by atoms with van der Waals surface area (Å²) in [5.41, 5.74) is -1.33. The molecule has 0 fully saturated rings. The summed E-state index contributed by atoms with van der Waals surface area (Å²) in [7, 11) is 0. The third kappa shape index (κ3) is 4.78. The minimum atomic E-state index is -4.67. The highest BCUT2D eigenvalue weighted by molar-refractivity contribution is 6.31. The van der Waals surface area contributed by atoms with Crippen LogP contribution in [0.1, 0.15) is 15.9 Å². The Balaban J connectivity index is 1.67. The number of phenolic OH excluding ortho intramolecular Hbond substituents is 1. The van der Waals surface area contributed by atoms with E-state index in [1.165, 1.54) is 24.3 Å². The first-order valence-corrected chi connectivity index (χ1v) is 9.76. The second kappa shape index (κ2) is 8.43. The number of alkyl halides is 3. The fourth-order valence-corrected chi connectivity index (χ4v) is 3.32. The lowest BCUT2D eigenvalue weighted by molar-refractivity contribution is -0.137. The van der Waals surface area contributed by atoms with Crippen LogP contribution in [0.3, 0.4) is 0 Å². The van der Waals surface area contributed by atoms with Crippen molar-refractivity contribution < 1.29 is 27.8 Å². The molecular weight excluding hydrogens is 443 g/mol. The summed E-state index contributed by atoms with van der Waals surface area (Å²) in [5.74, 6) is -0.944. The van der Waals surface area contributed by atoms with Gasteiger partial charge in [0, 0.05) is 16.8 Å². The number of ether oxygens (including phenoxy) is 1. The van der Waals surface area contributed by atoms with Crippen LogP contribution in [0.25, 0.3) is 10.8 Å². The summed E-state index contributed by atoms with van der Waals surface area (Å²) in [6.07, 6.45) is -4.67. The largest absolute Gasteiger partial charge is 0.507 e. The highest BCUT2D eigenvalue weighted by Crippen LogP contribution is 2.36. The molecule has 4 nitrogen and oxygen atoms in total. The smallest absolute Gasteiger partial charge is 0.416 e. The van der Waals surface area contributed by atoms with Crippen LogP contribution in [0.15, 0.2) is 78.9 Å². The van der Waals surface area contributed by atoms with Gasteiger partial charge in [-0.2, -0.15) is 13.2 Å². The molecule has 0 aliphatic rings. The molecule has 0 aliphatic heterocycles. The predicted molar refractivity (Wildman–Crippen MR) is 117 cm³/mol. The fraction of sp³-hybridized carbons (Fsp3) is 0.0417. The third-order valence-electron chi connectivity index (χ3n) is 4.65. The summed E-state index contributed by atoms with van der Waals surface area (Å²) in [6, 6.07) is 19.3. The summed E-state index contributed by atoms with van der Waals surface area (Å²) < 4.78 is 46.0. The van der Waals surface area contributed by atoms with Gasteiger partial charge in [0.2, 0.25) is 0 Å². The van der Waals surface area contributed by atoms with Crippen LogP contribution in [0.4, 0.5) is 18.9 Å².